The maximum atomic E-state index is 12.8. The van der Waals surface area contributed by atoms with Gasteiger partial charge in [0.15, 0.2) is 0 Å². The number of halogens is 1. The second kappa shape index (κ2) is 6.48. The Hall–Kier alpha value is -1.09. The van der Waals surface area contributed by atoms with Crippen LogP contribution < -0.4 is 10.6 Å². The lowest BCUT2D eigenvalue weighted by Crippen LogP contribution is -2.34. The summed E-state index contributed by atoms with van der Waals surface area (Å²) in [6.45, 7) is 5.95. The maximum Gasteiger partial charge on any atom is 0.123 e. The molecule has 90 valence electrons. The number of hydrogen-bond donors (Lipinski definition) is 1. The van der Waals surface area contributed by atoms with Gasteiger partial charge in [-0.05, 0) is 50.6 Å². The molecule has 0 radical (unpaired) electrons. The summed E-state index contributed by atoms with van der Waals surface area (Å²) < 4.78 is 12.8. The average Bonchev–Trinajstić information content (AvgIpc) is 2.31. The molecule has 0 aliphatic carbocycles. The summed E-state index contributed by atoms with van der Waals surface area (Å²) in [4.78, 5) is 2.28. The van der Waals surface area contributed by atoms with Crippen LogP contribution in [-0.4, -0.2) is 19.1 Å². The molecule has 1 atom stereocenters. The summed E-state index contributed by atoms with van der Waals surface area (Å²) in [5, 5.41) is 0. The molecule has 1 aromatic rings. The van der Waals surface area contributed by atoms with Crippen molar-refractivity contribution in [1.82, 2.24) is 0 Å². The van der Waals surface area contributed by atoms with Gasteiger partial charge >= 0.3 is 0 Å². The van der Waals surface area contributed by atoms with E-state index in [1.807, 2.05) is 12.1 Å². The molecule has 0 aliphatic rings. The highest BCUT2D eigenvalue weighted by atomic mass is 19.1. The second-order valence-corrected chi connectivity index (χ2v) is 4.07. The van der Waals surface area contributed by atoms with Gasteiger partial charge in [-0.3, -0.25) is 0 Å². The minimum absolute atomic E-state index is 0.188. The van der Waals surface area contributed by atoms with Crippen molar-refractivity contribution in [3.8, 4) is 0 Å². The molecule has 0 spiro atoms. The first-order valence-corrected chi connectivity index (χ1v) is 5.91. The third-order valence-electron chi connectivity index (χ3n) is 2.88. The monoisotopic (exact) mass is 224 g/mol. The van der Waals surface area contributed by atoms with E-state index in [0.29, 0.717) is 12.6 Å². The van der Waals surface area contributed by atoms with Crippen LogP contribution in [0.1, 0.15) is 26.7 Å². The van der Waals surface area contributed by atoms with Gasteiger partial charge in [0.25, 0.3) is 0 Å². The summed E-state index contributed by atoms with van der Waals surface area (Å²) >= 11 is 0. The number of nitrogens with two attached hydrogens (primary N) is 1. The Morgan fingerprint density at radius 3 is 2.44 bits per heavy atom. The van der Waals surface area contributed by atoms with Crippen LogP contribution in [0, 0.1) is 5.82 Å². The van der Waals surface area contributed by atoms with Crippen LogP contribution in [0.4, 0.5) is 10.1 Å². The third kappa shape index (κ3) is 3.49. The Bertz CT molecular complexity index is 297. The van der Waals surface area contributed by atoms with Crippen molar-refractivity contribution in [2.24, 2.45) is 5.73 Å². The van der Waals surface area contributed by atoms with Gasteiger partial charge in [-0.15, -0.1) is 0 Å². The quantitative estimate of drug-likeness (QED) is 0.805. The second-order valence-electron chi connectivity index (χ2n) is 4.07. The van der Waals surface area contributed by atoms with Crippen LogP contribution in [0.25, 0.3) is 0 Å². The average molecular weight is 224 g/mol. The molecule has 0 bridgehead atoms. The highest BCUT2D eigenvalue weighted by Crippen LogP contribution is 2.19. The van der Waals surface area contributed by atoms with Gasteiger partial charge < -0.3 is 10.6 Å². The number of hydrogen-bond acceptors (Lipinski definition) is 2. The molecule has 0 aromatic heterocycles. The largest absolute Gasteiger partial charge is 0.369 e. The van der Waals surface area contributed by atoms with Gasteiger partial charge in [0.1, 0.15) is 5.82 Å². The number of nitrogens with zero attached hydrogens (tertiary/aromatic N) is 1. The van der Waals surface area contributed by atoms with Crippen LogP contribution >= 0.6 is 0 Å². The molecule has 0 saturated carbocycles. The Kier molecular flexibility index (Phi) is 5.26. The summed E-state index contributed by atoms with van der Waals surface area (Å²) in [6, 6.07) is 7.13. The molecular weight excluding hydrogens is 203 g/mol. The molecule has 1 rings (SSSR count). The SMILES string of the molecule is CCC(C)N(CCCN)c1ccc(F)cc1. The normalized spacial score (nSPS) is 12.5. The van der Waals surface area contributed by atoms with Crippen molar-refractivity contribution < 1.29 is 4.39 Å². The Labute approximate surface area is 97.3 Å². The molecule has 0 amide bonds. The first-order valence-electron chi connectivity index (χ1n) is 5.91. The molecule has 0 saturated heterocycles. The molecule has 0 aliphatic heterocycles. The minimum atomic E-state index is -0.188. The van der Waals surface area contributed by atoms with E-state index in [0.717, 1.165) is 25.1 Å². The summed E-state index contributed by atoms with van der Waals surface area (Å²) in [6.07, 6.45) is 2.03. The zero-order valence-corrected chi connectivity index (χ0v) is 10.1. The lowest BCUT2D eigenvalue weighted by atomic mass is 10.1. The molecule has 1 unspecified atom stereocenters. The van der Waals surface area contributed by atoms with Crippen LogP contribution in [0.5, 0.6) is 0 Å². The van der Waals surface area contributed by atoms with Gasteiger partial charge in [0.05, 0.1) is 0 Å². The van der Waals surface area contributed by atoms with E-state index < -0.39 is 0 Å². The van der Waals surface area contributed by atoms with Gasteiger partial charge in [0, 0.05) is 18.3 Å². The summed E-state index contributed by atoms with van der Waals surface area (Å²) in [5.74, 6) is -0.188. The lowest BCUT2D eigenvalue weighted by Gasteiger charge is -2.30. The van der Waals surface area contributed by atoms with Gasteiger partial charge in [-0.2, -0.15) is 0 Å². The smallest absolute Gasteiger partial charge is 0.123 e. The van der Waals surface area contributed by atoms with Crippen LogP contribution in [0.15, 0.2) is 24.3 Å². The number of anilines is 1. The maximum absolute atomic E-state index is 12.8. The first-order chi connectivity index (χ1) is 7.69. The molecule has 1 aromatic carbocycles. The van der Waals surface area contributed by atoms with Crippen molar-refractivity contribution >= 4 is 5.69 Å². The van der Waals surface area contributed by atoms with Gasteiger partial charge in [0.2, 0.25) is 0 Å². The Balaban J connectivity index is 2.78. The minimum Gasteiger partial charge on any atom is -0.369 e. The fourth-order valence-corrected chi connectivity index (χ4v) is 1.72. The summed E-state index contributed by atoms with van der Waals surface area (Å²) in [7, 11) is 0. The molecule has 2 nitrogen and oxygen atoms in total. The third-order valence-corrected chi connectivity index (χ3v) is 2.88. The van der Waals surface area contributed by atoms with E-state index in [9.17, 15) is 4.39 Å². The van der Waals surface area contributed by atoms with Crippen LogP contribution in [0.2, 0.25) is 0 Å². The van der Waals surface area contributed by atoms with E-state index in [1.54, 1.807) is 0 Å². The van der Waals surface area contributed by atoms with Crippen molar-refractivity contribution in [3.63, 3.8) is 0 Å². The van der Waals surface area contributed by atoms with Crippen molar-refractivity contribution in [3.05, 3.63) is 30.1 Å². The summed E-state index contributed by atoms with van der Waals surface area (Å²) in [5.41, 5.74) is 6.61. The molecule has 0 heterocycles. The van der Waals surface area contributed by atoms with Gasteiger partial charge in [-0.25, -0.2) is 4.39 Å². The molecule has 16 heavy (non-hydrogen) atoms. The lowest BCUT2D eigenvalue weighted by molar-refractivity contribution is 0.598. The highest BCUT2D eigenvalue weighted by molar-refractivity contribution is 5.47. The van der Waals surface area contributed by atoms with E-state index in [4.69, 9.17) is 5.73 Å². The first kappa shape index (κ1) is 13.0. The molecule has 3 heteroatoms. The zero-order valence-electron chi connectivity index (χ0n) is 10.1. The fraction of sp³-hybridized carbons (Fsp3) is 0.538. The number of rotatable bonds is 6. The number of benzene rings is 1. The molecule has 2 N–H and O–H groups in total. The Morgan fingerprint density at radius 1 is 1.31 bits per heavy atom. The van der Waals surface area contributed by atoms with Crippen molar-refractivity contribution in [2.75, 3.05) is 18.0 Å². The predicted octanol–water partition coefficient (Wildman–Crippen LogP) is 2.78. The van der Waals surface area contributed by atoms with Crippen molar-refractivity contribution in [1.29, 1.82) is 0 Å². The standard InChI is InChI=1S/C13H21FN2/c1-3-11(2)16(10-4-9-15)13-7-5-12(14)6-8-13/h5-8,11H,3-4,9-10,15H2,1-2H3. The van der Waals surface area contributed by atoms with E-state index in [-0.39, 0.29) is 5.82 Å². The fourth-order valence-electron chi connectivity index (χ4n) is 1.72. The topological polar surface area (TPSA) is 29.3 Å². The van der Waals surface area contributed by atoms with Crippen LogP contribution in [-0.2, 0) is 0 Å². The Morgan fingerprint density at radius 2 is 1.94 bits per heavy atom. The van der Waals surface area contributed by atoms with Gasteiger partial charge in [-0.1, -0.05) is 6.92 Å². The highest BCUT2D eigenvalue weighted by Gasteiger charge is 2.12. The van der Waals surface area contributed by atoms with Crippen LogP contribution in [0.3, 0.4) is 0 Å². The predicted molar refractivity (Wildman–Crippen MR) is 67.2 cm³/mol. The molecule has 0 fully saturated rings. The zero-order chi connectivity index (χ0) is 12.0. The van der Waals surface area contributed by atoms with E-state index in [1.165, 1.54) is 12.1 Å². The van der Waals surface area contributed by atoms with E-state index in [2.05, 4.69) is 18.7 Å². The molecular formula is C13H21FN2. The van der Waals surface area contributed by atoms with Crippen molar-refractivity contribution in [2.45, 2.75) is 32.7 Å². The van der Waals surface area contributed by atoms with E-state index >= 15 is 0 Å².